The van der Waals surface area contributed by atoms with Gasteiger partial charge in [0.1, 0.15) is 12.4 Å². The van der Waals surface area contributed by atoms with Crippen LogP contribution in [0.3, 0.4) is 0 Å². The van der Waals surface area contributed by atoms with E-state index in [1.54, 1.807) is 25.1 Å². The number of benzene rings is 1. The molecule has 0 spiro atoms. The van der Waals surface area contributed by atoms with Gasteiger partial charge in [-0.25, -0.2) is 8.78 Å². The number of alkyl halides is 2. The average molecular weight is 284 g/mol. The van der Waals surface area contributed by atoms with Gasteiger partial charge in [-0.1, -0.05) is 6.07 Å². The van der Waals surface area contributed by atoms with Gasteiger partial charge in [0, 0.05) is 11.8 Å². The van der Waals surface area contributed by atoms with Crippen molar-refractivity contribution < 1.29 is 18.3 Å². The van der Waals surface area contributed by atoms with Crippen LogP contribution in [0.2, 0.25) is 0 Å². The lowest BCUT2D eigenvalue weighted by Crippen LogP contribution is -2.35. The van der Waals surface area contributed by atoms with Crippen LogP contribution >= 0.6 is 0 Å². The Bertz CT molecular complexity index is 474. The van der Waals surface area contributed by atoms with Crippen molar-refractivity contribution in [3.63, 3.8) is 0 Å². The Morgan fingerprint density at radius 1 is 1.55 bits per heavy atom. The zero-order valence-electron chi connectivity index (χ0n) is 11.3. The van der Waals surface area contributed by atoms with Crippen LogP contribution in [0.15, 0.2) is 18.2 Å². The highest BCUT2D eigenvalue weighted by Gasteiger charge is 2.22. The molecule has 0 radical (unpaired) electrons. The Balaban J connectivity index is 2.00. The summed E-state index contributed by atoms with van der Waals surface area (Å²) in [5.41, 5.74) is 1.31. The summed E-state index contributed by atoms with van der Waals surface area (Å²) in [5, 5.41) is 5.87. The highest BCUT2D eigenvalue weighted by Crippen LogP contribution is 2.23. The topological polar surface area (TPSA) is 50.4 Å². The number of aryl methyl sites for hydroxylation is 1. The molecule has 0 aromatic heterocycles. The van der Waals surface area contributed by atoms with Crippen LogP contribution in [0, 0.1) is 6.92 Å². The minimum absolute atomic E-state index is 0.105. The fraction of sp³-hybridized carbons (Fsp3) is 0.500. The molecule has 2 N–H and O–H groups in total. The predicted molar refractivity (Wildman–Crippen MR) is 72.3 cm³/mol. The highest BCUT2D eigenvalue weighted by atomic mass is 19.3. The second-order valence-electron chi connectivity index (χ2n) is 4.82. The van der Waals surface area contributed by atoms with Crippen molar-refractivity contribution in [2.24, 2.45) is 0 Å². The van der Waals surface area contributed by atoms with E-state index in [-0.39, 0.29) is 11.9 Å². The van der Waals surface area contributed by atoms with Crippen molar-refractivity contribution in [1.82, 2.24) is 5.32 Å². The average Bonchev–Trinajstić information content (AvgIpc) is 2.93. The molecule has 1 heterocycles. The number of halogens is 2. The van der Waals surface area contributed by atoms with Crippen LogP contribution in [-0.2, 0) is 4.79 Å². The number of rotatable bonds is 5. The van der Waals surface area contributed by atoms with Crippen molar-refractivity contribution in [2.75, 3.05) is 18.5 Å². The highest BCUT2D eigenvalue weighted by molar-refractivity contribution is 5.95. The Kier molecular flexibility index (Phi) is 4.89. The maximum Gasteiger partial charge on any atom is 0.272 e. The van der Waals surface area contributed by atoms with E-state index in [1.165, 1.54) is 0 Å². The standard InChI is InChI=1S/C14H18F2N2O2/c1-9-4-5-10(7-12(9)20-8-13(15)16)18-14(19)11-3-2-6-17-11/h4-5,7,11,13,17H,2-3,6,8H2,1H3,(H,18,19). The van der Waals surface area contributed by atoms with Gasteiger partial charge in [-0.3, -0.25) is 4.79 Å². The zero-order chi connectivity index (χ0) is 14.5. The van der Waals surface area contributed by atoms with E-state index in [0.29, 0.717) is 11.4 Å². The lowest BCUT2D eigenvalue weighted by Gasteiger charge is -2.14. The first-order chi connectivity index (χ1) is 9.56. The molecular formula is C14H18F2N2O2. The second-order valence-corrected chi connectivity index (χ2v) is 4.82. The van der Waals surface area contributed by atoms with Gasteiger partial charge in [0.2, 0.25) is 5.91 Å². The molecule has 1 fully saturated rings. The normalized spacial score (nSPS) is 18.3. The molecule has 0 saturated carbocycles. The number of carbonyl (C=O) groups is 1. The van der Waals surface area contributed by atoms with Crippen molar-refractivity contribution in [3.8, 4) is 5.75 Å². The van der Waals surface area contributed by atoms with Crippen molar-refractivity contribution in [3.05, 3.63) is 23.8 Å². The molecule has 1 aromatic carbocycles. The number of nitrogens with one attached hydrogen (secondary N) is 2. The Hall–Kier alpha value is -1.69. The first-order valence-electron chi connectivity index (χ1n) is 6.62. The van der Waals surface area contributed by atoms with Gasteiger partial charge >= 0.3 is 0 Å². The molecule has 1 aromatic rings. The molecule has 1 atom stereocenters. The fourth-order valence-corrected chi connectivity index (χ4v) is 2.12. The first kappa shape index (κ1) is 14.7. The minimum atomic E-state index is -2.52. The van der Waals surface area contributed by atoms with E-state index in [4.69, 9.17) is 4.74 Å². The molecule has 110 valence electrons. The molecule has 2 rings (SSSR count). The van der Waals surface area contributed by atoms with Crippen molar-refractivity contribution in [1.29, 1.82) is 0 Å². The zero-order valence-corrected chi connectivity index (χ0v) is 11.3. The molecule has 6 heteroatoms. The lowest BCUT2D eigenvalue weighted by atomic mass is 10.2. The number of amides is 1. The van der Waals surface area contributed by atoms with Gasteiger partial charge in [0.15, 0.2) is 0 Å². The summed E-state index contributed by atoms with van der Waals surface area (Å²) < 4.78 is 29.4. The van der Waals surface area contributed by atoms with Crippen LogP contribution in [0.4, 0.5) is 14.5 Å². The summed E-state index contributed by atoms with van der Waals surface area (Å²) in [6, 6.07) is 4.86. The lowest BCUT2D eigenvalue weighted by molar-refractivity contribution is -0.117. The summed E-state index contributed by atoms with van der Waals surface area (Å²) in [4.78, 5) is 11.9. The molecule has 1 aliphatic rings. The van der Waals surface area contributed by atoms with Crippen LogP contribution in [-0.4, -0.2) is 31.5 Å². The largest absolute Gasteiger partial charge is 0.487 e. The number of hydrogen-bond acceptors (Lipinski definition) is 3. The Morgan fingerprint density at radius 3 is 3.00 bits per heavy atom. The Morgan fingerprint density at radius 2 is 2.35 bits per heavy atom. The van der Waals surface area contributed by atoms with Gasteiger partial charge < -0.3 is 15.4 Å². The second kappa shape index (κ2) is 6.65. The molecule has 0 bridgehead atoms. The number of anilines is 1. The summed E-state index contributed by atoms with van der Waals surface area (Å²) in [6.45, 7) is 1.96. The van der Waals surface area contributed by atoms with Crippen LogP contribution in [0.1, 0.15) is 18.4 Å². The SMILES string of the molecule is Cc1ccc(NC(=O)C2CCCN2)cc1OCC(F)F. The van der Waals surface area contributed by atoms with E-state index < -0.39 is 13.0 Å². The third kappa shape index (κ3) is 3.90. The van der Waals surface area contributed by atoms with Gasteiger partial charge in [0.25, 0.3) is 6.43 Å². The molecule has 1 saturated heterocycles. The van der Waals surface area contributed by atoms with Crippen LogP contribution in [0.25, 0.3) is 0 Å². The maximum absolute atomic E-state index is 12.2. The van der Waals surface area contributed by atoms with Gasteiger partial charge in [-0.05, 0) is 37.9 Å². The third-order valence-corrected chi connectivity index (χ3v) is 3.20. The van der Waals surface area contributed by atoms with Crippen LogP contribution in [0.5, 0.6) is 5.75 Å². The molecule has 1 aliphatic heterocycles. The van der Waals surface area contributed by atoms with Crippen molar-refractivity contribution >= 4 is 11.6 Å². The summed E-state index contributed by atoms with van der Waals surface area (Å²) in [5.74, 6) is 0.258. The number of ether oxygens (including phenoxy) is 1. The van der Waals surface area contributed by atoms with Gasteiger partial charge in [-0.2, -0.15) is 0 Å². The smallest absolute Gasteiger partial charge is 0.272 e. The summed E-state index contributed by atoms with van der Waals surface area (Å²) in [7, 11) is 0. The van der Waals surface area contributed by atoms with E-state index in [9.17, 15) is 13.6 Å². The first-order valence-corrected chi connectivity index (χ1v) is 6.62. The number of carbonyl (C=O) groups excluding carboxylic acids is 1. The van der Waals surface area contributed by atoms with Gasteiger partial charge in [0.05, 0.1) is 6.04 Å². The molecule has 20 heavy (non-hydrogen) atoms. The molecule has 1 unspecified atom stereocenters. The number of hydrogen-bond donors (Lipinski definition) is 2. The molecule has 1 amide bonds. The van der Waals surface area contributed by atoms with E-state index in [0.717, 1.165) is 24.9 Å². The minimum Gasteiger partial charge on any atom is -0.487 e. The van der Waals surface area contributed by atoms with Gasteiger partial charge in [-0.15, -0.1) is 0 Å². The summed E-state index contributed by atoms with van der Waals surface area (Å²) >= 11 is 0. The summed E-state index contributed by atoms with van der Waals surface area (Å²) in [6.07, 6.45) is -0.725. The molecular weight excluding hydrogens is 266 g/mol. The fourth-order valence-electron chi connectivity index (χ4n) is 2.12. The molecule has 4 nitrogen and oxygen atoms in total. The quantitative estimate of drug-likeness (QED) is 0.872. The van der Waals surface area contributed by atoms with Crippen LogP contribution < -0.4 is 15.4 Å². The van der Waals surface area contributed by atoms with E-state index in [1.807, 2.05) is 0 Å². The third-order valence-electron chi connectivity index (χ3n) is 3.20. The Labute approximate surface area is 116 Å². The van der Waals surface area contributed by atoms with Crippen molar-refractivity contribution in [2.45, 2.75) is 32.2 Å². The molecule has 0 aliphatic carbocycles. The maximum atomic E-state index is 12.2. The van der Waals surface area contributed by atoms with E-state index >= 15 is 0 Å². The predicted octanol–water partition coefficient (Wildman–Crippen LogP) is 2.33. The monoisotopic (exact) mass is 284 g/mol. The van der Waals surface area contributed by atoms with E-state index in [2.05, 4.69) is 10.6 Å².